The molecule has 2 N–H and O–H groups in total. The van der Waals surface area contributed by atoms with Gasteiger partial charge in [-0.05, 0) is 116 Å². The van der Waals surface area contributed by atoms with E-state index in [1.807, 2.05) is 37.4 Å². The van der Waals surface area contributed by atoms with Gasteiger partial charge in [0.05, 0.1) is 12.1 Å². The number of hydrogen-bond acceptors (Lipinski definition) is 4. The Kier molecular flexibility index (Phi) is 6.01. The summed E-state index contributed by atoms with van der Waals surface area (Å²) in [7, 11) is 0. The molecule has 2 aromatic carbocycles. The highest BCUT2D eigenvalue weighted by molar-refractivity contribution is 5.96. The van der Waals surface area contributed by atoms with E-state index >= 15 is 0 Å². The number of rotatable bonds is 7. The molecule has 194 valence electrons. The van der Waals surface area contributed by atoms with Crippen molar-refractivity contribution in [2.45, 2.75) is 58.0 Å². The smallest absolute Gasteiger partial charge is 0.293 e. The second-order valence-corrected chi connectivity index (χ2v) is 10.8. The van der Waals surface area contributed by atoms with Gasteiger partial charge in [-0.1, -0.05) is 12.1 Å². The second-order valence-electron chi connectivity index (χ2n) is 10.8. The van der Waals surface area contributed by atoms with Crippen LogP contribution in [-0.2, 0) is 24.9 Å². The number of nitrogens with one attached hydrogen (secondary N) is 2. The summed E-state index contributed by atoms with van der Waals surface area (Å²) in [5, 5.41) is 11.4. The fourth-order valence-corrected chi connectivity index (χ4v) is 5.77. The number of amides is 1. The highest BCUT2D eigenvalue weighted by Gasteiger charge is 2.44. The molecule has 0 saturated heterocycles. The first-order valence-corrected chi connectivity index (χ1v) is 13.2. The lowest BCUT2D eigenvalue weighted by Crippen LogP contribution is -2.45. The summed E-state index contributed by atoms with van der Waals surface area (Å²) in [4.78, 5) is 18.5. The molecule has 0 radical (unpaired) electrons. The van der Waals surface area contributed by atoms with Crippen molar-refractivity contribution in [3.05, 3.63) is 106 Å². The molecular weight excluding hydrogens is 479 g/mol. The van der Waals surface area contributed by atoms with Crippen molar-refractivity contribution in [3.8, 4) is 11.1 Å². The van der Waals surface area contributed by atoms with Crippen molar-refractivity contribution in [1.29, 1.82) is 5.41 Å². The first-order valence-electron chi connectivity index (χ1n) is 13.2. The molecule has 1 saturated carbocycles. The summed E-state index contributed by atoms with van der Waals surface area (Å²) in [5.41, 5.74) is 6.86. The number of hydrogen-bond donors (Lipinski definition) is 2. The molecular formula is C31H31FN4O2. The molecule has 6 rings (SSSR count). The number of aryl methyl sites for hydroxylation is 2. The predicted molar refractivity (Wildman–Crippen MR) is 142 cm³/mol. The van der Waals surface area contributed by atoms with Gasteiger partial charge in [-0.3, -0.25) is 19.8 Å². The fourth-order valence-electron chi connectivity index (χ4n) is 5.77. The molecule has 2 aliphatic carbocycles. The lowest BCUT2D eigenvalue weighted by atomic mass is 9.85. The zero-order valence-electron chi connectivity index (χ0n) is 21.7. The number of oxazole rings is 1. The number of carbonyl (C=O) groups excluding carboxylic acids is 1. The lowest BCUT2D eigenvalue weighted by Gasteiger charge is -2.32. The number of halogens is 1. The third kappa shape index (κ3) is 4.46. The Morgan fingerprint density at radius 3 is 2.79 bits per heavy atom. The van der Waals surface area contributed by atoms with E-state index in [-0.39, 0.29) is 17.4 Å². The normalized spacial score (nSPS) is 16.2. The van der Waals surface area contributed by atoms with E-state index in [9.17, 15) is 9.18 Å². The van der Waals surface area contributed by atoms with Gasteiger partial charge < -0.3 is 9.73 Å². The summed E-state index contributed by atoms with van der Waals surface area (Å²) >= 11 is 0. The number of carbonyl (C=O) groups is 1. The van der Waals surface area contributed by atoms with Gasteiger partial charge in [0.25, 0.3) is 11.6 Å². The van der Waals surface area contributed by atoms with Gasteiger partial charge in [-0.2, -0.15) is 0 Å². The van der Waals surface area contributed by atoms with E-state index in [2.05, 4.69) is 16.4 Å². The van der Waals surface area contributed by atoms with Crippen LogP contribution >= 0.6 is 0 Å². The van der Waals surface area contributed by atoms with Crippen LogP contribution in [0.3, 0.4) is 0 Å². The van der Waals surface area contributed by atoms with E-state index in [4.69, 9.17) is 9.83 Å². The molecule has 1 amide bonds. The summed E-state index contributed by atoms with van der Waals surface area (Å²) in [6, 6.07) is 13.1. The maximum atomic E-state index is 14.0. The van der Waals surface area contributed by atoms with Crippen molar-refractivity contribution in [1.82, 2.24) is 14.9 Å². The highest BCUT2D eigenvalue weighted by atomic mass is 19.1. The largest absolute Gasteiger partial charge is 0.432 e. The van der Waals surface area contributed by atoms with Gasteiger partial charge >= 0.3 is 0 Å². The quantitative estimate of drug-likeness (QED) is 0.336. The second kappa shape index (κ2) is 9.39. The van der Waals surface area contributed by atoms with Crippen molar-refractivity contribution in [2.75, 3.05) is 0 Å². The first kappa shape index (κ1) is 24.3. The zero-order chi connectivity index (χ0) is 26.4. The number of nitrogens with zero attached hydrogens (tertiary/aromatic N) is 2. The number of fused-ring (bicyclic) bond motifs is 1. The van der Waals surface area contributed by atoms with Crippen molar-refractivity contribution in [2.24, 2.45) is 5.92 Å². The topological polar surface area (TPSA) is 83.9 Å². The molecule has 7 heteroatoms. The van der Waals surface area contributed by atoms with E-state index in [1.165, 1.54) is 17.9 Å². The Morgan fingerprint density at radius 2 is 2.05 bits per heavy atom. The van der Waals surface area contributed by atoms with E-state index < -0.39 is 5.54 Å². The molecule has 4 aromatic rings. The van der Waals surface area contributed by atoms with E-state index in [1.54, 1.807) is 23.8 Å². The van der Waals surface area contributed by atoms with Crippen LogP contribution in [0.1, 0.15) is 64.5 Å². The number of pyridine rings is 1. The Hall–Kier alpha value is -4.00. The Bertz CT molecular complexity index is 1600. The monoisotopic (exact) mass is 510 g/mol. The number of benzene rings is 2. The molecule has 2 aromatic heterocycles. The minimum Gasteiger partial charge on any atom is -0.432 e. The molecule has 0 aliphatic heterocycles. The Balaban J connectivity index is 1.41. The average molecular weight is 511 g/mol. The van der Waals surface area contributed by atoms with Gasteiger partial charge in [0.2, 0.25) is 0 Å². The zero-order valence-corrected chi connectivity index (χ0v) is 21.7. The molecule has 1 atom stereocenters. The summed E-state index contributed by atoms with van der Waals surface area (Å²) < 4.78 is 20.9. The SMILES string of the molecule is Cc1cc([C@@](C)(NC(=O)c2cc(Cn3ccoc3=N)cc(-c3ccnc4c3CCC4)c2)C2CC2)ccc1F. The van der Waals surface area contributed by atoms with Gasteiger partial charge in [-0.15, -0.1) is 0 Å². The van der Waals surface area contributed by atoms with Crippen molar-refractivity contribution >= 4 is 5.91 Å². The van der Waals surface area contributed by atoms with Crippen LogP contribution in [0.2, 0.25) is 0 Å². The maximum Gasteiger partial charge on any atom is 0.293 e. The predicted octanol–water partition coefficient (Wildman–Crippen LogP) is 5.66. The summed E-state index contributed by atoms with van der Waals surface area (Å²) in [6.45, 7) is 4.21. The molecule has 2 heterocycles. The van der Waals surface area contributed by atoms with Crippen molar-refractivity contribution < 1.29 is 13.6 Å². The Morgan fingerprint density at radius 1 is 1.21 bits per heavy atom. The number of aromatic nitrogens is 2. The third-order valence-electron chi connectivity index (χ3n) is 8.11. The minimum atomic E-state index is -0.600. The van der Waals surface area contributed by atoms with Gasteiger partial charge in [0.15, 0.2) is 0 Å². The standard InChI is InChI=1S/C31H31FN4O2/c1-19-14-24(8-9-27(19)32)31(2,23-6-7-23)35-29(37)22-16-20(18-36-12-13-38-30(36)33)15-21(17-22)25-10-11-34-28-5-3-4-26(25)28/h8-17,23,33H,3-7,18H2,1-2H3,(H,35,37)/t31-/m0/s1. The molecule has 2 aliphatic rings. The van der Waals surface area contributed by atoms with E-state index in [0.29, 0.717) is 23.6 Å². The minimum absolute atomic E-state index is 0.0548. The van der Waals surface area contributed by atoms with Crippen LogP contribution in [0, 0.1) is 24.1 Å². The van der Waals surface area contributed by atoms with Crippen molar-refractivity contribution in [3.63, 3.8) is 0 Å². The van der Waals surface area contributed by atoms with Crippen LogP contribution in [0.15, 0.2) is 65.5 Å². The van der Waals surface area contributed by atoms with Crippen LogP contribution in [0.5, 0.6) is 0 Å². The summed E-state index contributed by atoms with van der Waals surface area (Å²) in [6.07, 6.45) is 10.1. The molecule has 6 nitrogen and oxygen atoms in total. The summed E-state index contributed by atoms with van der Waals surface area (Å²) in [5.74, 6) is -0.112. The maximum absolute atomic E-state index is 14.0. The van der Waals surface area contributed by atoms with Crippen LogP contribution < -0.4 is 11.0 Å². The average Bonchev–Trinajstić information content (AvgIpc) is 3.54. The first-order chi connectivity index (χ1) is 18.3. The van der Waals surface area contributed by atoms with Gasteiger partial charge in [-0.25, -0.2) is 4.39 Å². The molecule has 0 bridgehead atoms. The van der Waals surface area contributed by atoms with E-state index in [0.717, 1.165) is 60.1 Å². The van der Waals surface area contributed by atoms with Gasteiger partial charge in [0.1, 0.15) is 12.1 Å². The fraction of sp³-hybridized carbons (Fsp3) is 0.323. The van der Waals surface area contributed by atoms with Crippen LogP contribution in [0.25, 0.3) is 11.1 Å². The third-order valence-corrected chi connectivity index (χ3v) is 8.11. The van der Waals surface area contributed by atoms with Crippen LogP contribution in [-0.4, -0.2) is 15.5 Å². The molecule has 0 unspecified atom stereocenters. The lowest BCUT2D eigenvalue weighted by molar-refractivity contribution is 0.0892. The highest BCUT2D eigenvalue weighted by Crippen LogP contribution is 2.46. The molecule has 38 heavy (non-hydrogen) atoms. The Labute approximate surface area is 221 Å². The van der Waals surface area contributed by atoms with Crippen LogP contribution in [0.4, 0.5) is 4.39 Å². The molecule has 0 spiro atoms. The molecule has 1 fully saturated rings. The van der Waals surface area contributed by atoms with Gasteiger partial charge in [0, 0.05) is 23.7 Å².